The summed E-state index contributed by atoms with van der Waals surface area (Å²) in [5, 5.41) is 0. The minimum atomic E-state index is -5.65. The molecular formula is C26H17F4NO6S. The number of hydrogen-bond donors (Lipinski definition) is 1. The molecule has 0 unspecified atom stereocenters. The quantitative estimate of drug-likeness (QED) is 0.122. The number of fused-ring (bicyclic) bond motifs is 2. The first kappa shape index (κ1) is 26.8. The highest BCUT2D eigenvalue weighted by atomic mass is 32.2. The molecule has 196 valence electrons. The van der Waals surface area contributed by atoms with E-state index in [0.29, 0.717) is 11.3 Å². The molecule has 0 radical (unpaired) electrons. The Labute approximate surface area is 214 Å². The van der Waals surface area contributed by atoms with Crippen LogP contribution in [0.1, 0.15) is 36.0 Å². The SMILES string of the molecule is O=C(CCCC(=O)N1Cc2ccccc2C#Cc2ccccc21)Oc1c(F)c(F)c(S(=O)(=O)O)c(F)c1F. The van der Waals surface area contributed by atoms with Crippen molar-refractivity contribution in [3.05, 3.63) is 88.5 Å². The number of rotatable bonds is 6. The van der Waals surface area contributed by atoms with Gasteiger partial charge in [-0.2, -0.15) is 17.2 Å². The average molecular weight is 547 g/mol. The van der Waals surface area contributed by atoms with E-state index in [-0.39, 0.29) is 19.4 Å². The molecule has 1 amide bonds. The lowest BCUT2D eigenvalue weighted by atomic mass is 10.0. The topological polar surface area (TPSA) is 101 Å². The predicted molar refractivity (Wildman–Crippen MR) is 126 cm³/mol. The summed E-state index contributed by atoms with van der Waals surface area (Å²) in [4.78, 5) is 24.5. The van der Waals surface area contributed by atoms with E-state index in [1.54, 1.807) is 30.3 Å². The number of halogens is 4. The molecule has 0 saturated carbocycles. The maximum atomic E-state index is 14.1. The van der Waals surface area contributed by atoms with E-state index in [9.17, 15) is 35.6 Å². The van der Waals surface area contributed by atoms with Crippen molar-refractivity contribution in [2.45, 2.75) is 30.7 Å². The molecule has 1 aliphatic rings. The van der Waals surface area contributed by atoms with Gasteiger partial charge in [0.15, 0.2) is 16.5 Å². The van der Waals surface area contributed by atoms with Crippen LogP contribution in [-0.2, 0) is 26.3 Å². The van der Waals surface area contributed by atoms with Crippen molar-refractivity contribution in [1.29, 1.82) is 0 Å². The largest absolute Gasteiger partial charge is 0.420 e. The molecule has 1 aliphatic heterocycles. The van der Waals surface area contributed by atoms with Gasteiger partial charge in [0, 0.05) is 24.0 Å². The molecule has 0 aromatic heterocycles. The van der Waals surface area contributed by atoms with Gasteiger partial charge in [-0.3, -0.25) is 14.1 Å². The fraction of sp³-hybridized carbons (Fsp3) is 0.154. The second-order valence-electron chi connectivity index (χ2n) is 8.12. The number of anilines is 1. The van der Waals surface area contributed by atoms with Crippen LogP contribution in [0, 0.1) is 35.1 Å². The van der Waals surface area contributed by atoms with E-state index in [1.807, 2.05) is 18.2 Å². The van der Waals surface area contributed by atoms with Gasteiger partial charge in [-0.05, 0) is 30.2 Å². The number of carbonyl (C=O) groups is 2. The van der Waals surface area contributed by atoms with E-state index < -0.39 is 62.3 Å². The zero-order chi connectivity index (χ0) is 27.6. The molecule has 3 aromatic rings. The van der Waals surface area contributed by atoms with Crippen molar-refractivity contribution in [3.8, 4) is 17.6 Å². The number of benzene rings is 3. The first-order chi connectivity index (χ1) is 18.0. The molecule has 1 N–H and O–H groups in total. The van der Waals surface area contributed by atoms with Crippen molar-refractivity contribution >= 4 is 27.7 Å². The van der Waals surface area contributed by atoms with Gasteiger partial charge >= 0.3 is 16.1 Å². The summed E-state index contributed by atoms with van der Waals surface area (Å²) in [6.45, 7) is 0.195. The van der Waals surface area contributed by atoms with Crippen LogP contribution in [0.4, 0.5) is 23.2 Å². The Kier molecular flexibility index (Phi) is 7.52. The van der Waals surface area contributed by atoms with Gasteiger partial charge in [0.1, 0.15) is 0 Å². The lowest BCUT2D eigenvalue weighted by Gasteiger charge is -2.26. The van der Waals surface area contributed by atoms with Crippen LogP contribution in [0.15, 0.2) is 53.4 Å². The number of nitrogens with zero attached hydrogens (tertiary/aromatic N) is 1. The van der Waals surface area contributed by atoms with Gasteiger partial charge < -0.3 is 9.64 Å². The zero-order valence-corrected chi connectivity index (χ0v) is 20.1. The van der Waals surface area contributed by atoms with E-state index in [4.69, 9.17) is 4.55 Å². The summed E-state index contributed by atoms with van der Waals surface area (Å²) in [6, 6.07) is 14.2. The Hall–Kier alpha value is -4.21. The molecule has 38 heavy (non-hydrogen) atoms. The average Bonchev–Trinajstić information content (AvgIpc) is 2.86. The monoisotopic (exact) mass is 547 g/mol. The molecule has 3 aromatic carbocycles. The summed E-state index contributed by atoms with van der Waals surface area (Å²) in [7, 11) is -5.65. The number of amides is 1. The fourth-order valence-electron chi connectivity index (χ4n) is 3.80. The second-order valence-corrected chi connectivity index (χ2v) is 9.48. The Morgan fingerprint density at radius 2 is 1.45 bits per heavy atom. The zero-order valence-electron chi connectivity index (χ0n) is 19.3. The van der Waals surface area contributed by atoms with Crippen LogP contribution in [-0.4, -0.2) is 24.8 Å². The molecule has 0 atom stereocenters. The highest BCUT2D eigenvalue weighted by Gasteiger charge is 2.34. The lowest BCUT2D eigenvalue weighted by molar-refractivity contribution is -0.135. The maximum Gasteiger partial charge on any atom is 0.311 e. The Balaban J connectivity index is 1.47. The van der Waals surface area contributed by atoms with E-state index in [0.717, 1.165) is 11.1 Å². The third-order valence-electron chi connectivity index (χ3n) is 5.60. The molecule has 0 saturated heterocycles. The van der Waals surface area contributed by atoms with Crippen molar-refractivity contribution < 1.29 is 44.9 Å². The Morgan fingerprint density at radius 3 is 2.11 bits per heavy atom. The van der Waals surface area contributed by atoms with Crippen LogP contribution >= 0.6 is 0 Å². The third kappa shape index (κ3) is 5.39. The van der Waals surface area contributed by atoms with Crippen LogP contribution in [0.25, 0.3) is 0 Å². The van der Waals surface area contributed by atoms with Gasteiger partial charge in [-0.25, -0.2) is 8.78 Å². The number of hydrogen-bond acceptors (Lipinski definition) is 5. The Bertz CT molecular complexity index is 1600. The highest BCUT2D eigenvalue weighted by molar-refractivity contribution is 7.85. The normalized spacial score (nSPS) is 12.4. The van der Waals surface area contributed by atoms with Crippen LogP contribution in [0.5, 0.6) is 5.75 Å². The van der Waals surface area contributed by atoms with Gasteiger partial charge in [0.2, 0.25) is 23.3 Å². The number of ether oxygens (including phenoxy) is 1. The molecule has 7 nitrogen and oxygen atoms in total. The fourth-order valence-corrected chi connectivity index (χ4v) is 4.43. The molecule has 12 heteroatoms. The minimum Gasteiger partial charge on any atom is -0.420 e. The van der Waals surface area contributed by atoms with Crippen LogP contribution in [0.3, 0.4) is 0 Å². The smallest absolute Gasteiger partial charge is 0.311 e. The highest BCUT2D eigenvalue weighted by Crippen LogP contribution is 2.33. The number of carbonyl (C=O) groups excluding carboxylic acids is 2. The van der Waals surface area contributed by atoms with Gasteiger partial charge in [-0.1, -0.05) is 42.2 Å². The number of para-hydroxylation sites is 1. The molecule has 0 spiro atoms. The standard InChI is InChI=1S/C26H17F4NO6S/c27-21-23(29)26(38(34,35)36)24(30)22(28)25(21)37-20(33)11-5-10-19(32)31-14-17-8-2-1-6-15(17)12-13-16-7-3-4-9-18(16)31/h1-4,6-9H,5,10-11,14H2,(H,34,35,36). The second kappa shape index (κ2) is 10.6. The van der Waals surface area contributed by atoms with E-state index >= 15 is 0 Å². The number of esters is 1. The summed E-state index contributed by atoms with van der Waals surface area (Å²) in [5.41, 5.74) is 2.70. The Morgan fingerprint density at radius 1 is 0.868 bits per heavy atom. The van der Waals surface area contributed by atoms with Gasteiger partial charge in [-0.15, -0.1) is 0 Å². The maximum absolute atomic E-state index is 14.1. The summed E-state index contributed by atoms with van der Waals surface area (Å²) in [5.74, 6) is -6.97. The van der Waals surface area contributed by atoms with Crippen molar-refractivity contribution in [3.63, 3.8) is 0 Å². The minimum absolute atomic E-state index is 0.152. The van der Waals surface area contributed by atoms with Crippen molar-refractivity contribution in [2.75, 3.05) is 4.90 Å². The van der Waals surface area contributed by atoms with Crippen LogP contribution < -0.4 is 9.64 Å². The van der Waals surface area contributed by atoms with E-state index in [2.05, 4.69) is 16.6 Å². The molecule has 4 rings (SSSR count). The van der Waals surface area contributed by atoms with Gasteiger partial charge in [0.05, 0.1) is 12.2 Å². The van der Waals surface area contributed by atoms with E-state index in [1.165, 1.54) is 4.90 Å². The molecule has 0 aliphatic carbocycles. The molecule has 0 bridgehead atoms. The molecule has 1 heterocycles. The third-order valence-corrected chi connectivity index (χ3v) is 6.48. The predicted octanol–water partition coefficient (Wildman–Crippen LogP) is 4.51. The lowest BCUT2D eigenvalue weighted by Crippen LogP contribution is -2.31. The first-order valence-corrected chi connectivity index (χ1v) is 12.5. The first-order valence-electron chi connectivity index (χ1n) is 11.0. The van der Waals surface area contributed by atoms with Gasteiger partial charge in [0.25, 0.3) is 0 Å². The van der Waals surface area contributed by atoms with Crippen LogP contribution in [0.2, 0.25) is 0 Å². The molecule has 0 fully saturated rings. The summed E-state index contributed by atoms with van der Waals surface area (Å²) < 4.78 is 91.3. The van der Waals surface area contributed by atoms with Crippen molar-refractivity contribution in [2.24, 2.45) is 0 Å². The molecular weight excluding hydrogens is 530 g/mol. The summed E-state index contributed by atoms with van der Waals surface area (Å²) >= 11 is 0. The van der Waals surface area contributed by atoms with Crippen molar-refractivity contribution in [1.82, 2.24) is 0 Å². The summed E-state index contributed by atoms with van der Waals surface area (Å²) in [6.07, 6.45) is -0.921.